The molecule has 0 aromatic heterocycles. The van der Waals surface area contributed by atoms with Gasteiger partial charge in [-0.1, -0.05) is 137 Å². The molecule has 0 saturated heterocycles. The molecule has 196 valence electrons. The number of hydrogen-bond donors (Lipinski definition) is 0. The smallest absolute Gasteiger partial charge is 0.0594 e. The van der Waals surface area contributed by atoms with E-state index >= 15 is 0 Å². The van der Waals surface area contributed by atoms with Gasteiger partial charge in [-0.2, -0.15) is 0 Å². The largest absolute Gasteiger partial charge is 1.00 e. The van der Waals surface area contributed by atoms with E-state index in [1.807, 2.05) is 0 Å². The van der Waals surface area contributed by atoms with Gasteiger partial charge in [0.2, 0.25) is 0 Å². The third-order valence-electron chi connectivity index (χ3n) is 7.44. The minimum Gasteiger partial charge on any atom is -1.00 e. The van der Waals surface area contributed by atoms with E-state index in [1.54, 1.807) is 31.1 Å². The van der Waals surface area contributed by atoms with E-state index in [2.05, 4.69) is 27.7 Å². The Labute approximate surface area is 213 Å². The van der Waals surface area contributed by atoms with Crippen molar-refractivity contribution >= 4 is 7.26 Å². The molecule has 0 nitrogen and oxygen atoms in total. The molecular formula is C30H64ClP. The Morgan fingerprint density at radius 3 is 0.781 bits per heavy atom. The normalized spacial score (nSPS) is 11.6. The molecule has 0 unspecified atom stereocenters. The Morgan fingerprint density at radius 2 is 0.500 bits per heavy atom. The quantitative estimate of drug-likeness (QED) is 0.0839. The van der Waals surface area contributed by atoms with Gasteiger partial charge < -0.3 is 12.4 Å². The van der Waals surface area contributed by atoms with E-state index in [4.69, 9.17) is 0 Å². The highest BCUT2D eigenvalue weighted by atomic mass is 35.5. The summed E-state index contributed by atoms with van der Waals surface area (Å²) >= 11 is 0. The monoisotopic (exact) mass is 490 g/mol. The summed E-state index contributed by atoms with van der Waals surface area (Å²) in [6.07, 6.45) is 39.0. The molecule has 0 bridgehead atoms. The van der Waals surface area contributed by atoms with E-state index in [0.29, 0.717) is 0 Å². The summed E-state index contributed by atoms with van der Waals surface area (Å²) in [6.45, 7) is 9.48. The molecule has 0 N–H and O–H groups in total. The van der Waals surface area contributed by atoms with Gasteiger partial charge in [-0.05, 0) is 32.1 Å². The summed E-state index contributed by atoms with van der Waals surface area (Å²) in [7, 11) is -0.634. The first-order chi connectivity index (χ1) is 15.2. The first kappa shape index (κ1) is 34.9. The average Bonchev–Trinajstić information content (AvgIpc) is 2.79. The Hall–Kier alpha value is 0.720. The van der Waals surface area contributed by atoms with Crippen molar-refractivity contribution in [1.29, 1.82) is 0 Å². The van der Waals surface area contributed by atoms with Gasteiger partial charge in [0.25, 0.3) is 0 Å². The predicted molar refractivity (Wildman–Crippen MR) is 151 cm³/mol. The first-order valence-corrected chi connectivity index (χ1v) is 17.6. The highest BCUT2D eigenvalue weighted by Gasteiger charge is 2.34. The summed E-state index contributed by atoms with van der Waals surface area (Å²) in [5, 5.41) is 0. The number of rotatable bonds is 26. The zero-order chi connectivity index (χ0) is 22.9. The molecule has 0 atom stereocenters. The topological polar surface area (TPSA) is 0 Å². The molecule has 0 aromatic rings. The molecule has 0 rings (SSSR count). The van der Waals surface area contributed by atoms with Crippen LogP contribution in [0.4, 0.5) is 0 Å². The van der Waals surface area contributed by atoms with Gasteiger partial charge in [-0.15, -0.1) is 0 Å². The third kappa shape index (κ3) is 22.5. The van der Waals surface area contributed by atoms with Crippen molar-refractivity contribution in [1.82, 2.24) is 0 Å². The van der Waals surface area contributed by atoms with Crippen LogP contribution in [-0.4, -0.2) is 24.6 Å². The molecular weight excluding hydrogens is 427 g/mol. The number of hydrogen-bond acceptors (Lipinski definition) is 0. The molecule has 0 aliphatic carbocycles. The van der Waals surface area contributed by atoms with Gasteiger partial charge in [0.05, 0.1) is 24.6 Å². The van der Waals surface area contributed by atoms with E-state index in [0.717, 1.165) is 0 Å². The van der Waals surface area contributed by atoms with Crippen LogP contribution in [0.2, 0.25) is 0 Å². The van der Waals surface area contributed by atoms with Crippen molar-refractivity contribution in [2.45, 2.75) is 169 Å². The van der Waals surface area contributed by atoms with Crippen LogP contribution in [0.5, 0.6) is 0 Å². The second-order valence-electron chi connectivity index (χ2n) is 10.6. The molecule has 0 radical (unpaired) electrons. The summed E-state index contributed by atoms with van der Waals surface area (Å²) < 4.78 is 0. The molecule has 0 spiro atoms. The SMILES string of the molecule is CCCCCCCCCCCCCCCCCC[P+](CCCC)(CCCC)CCCC.[Cl-]. The van der Waals surface area contributed by atoms with Gasteiger partial charge in [0, 0.05) is 7.26 Å². The van der Waals surface area contributed by atoms with Crippen LogP contribution in [0.15, 0.2) is 0 Å². The molecule has 2 heteroatoms. The van der Waals surface area contributed by atoms with Crippen molar-refractivity contribution in [3.8, 4) is 0 Å². The highest BCUT2D eigenvalue weighted by molar-refractivity contribution is 7.75. The van der Waals surface area contributed by atoms with Crippen molar-refractivity contribution < 1.29 is 12.4 Å². The third-order valence-corrected chi connectivity index (χ3v) is 12.5. The molecule has 0 aliphatic heterocycles. The Balaban J connectivity index is 0. The van der Waals surface area contributed by atoms with Gasteiger partial charge in [0.15, 0.2) is 0 Å². The number of unbranched alkanes of at least 4 members (excludes halogenated alkanes) is 18. The fourth-order valence-corrected chi connectivity index (χ4v) is 10.3. The van der Waals surface area contributed by atoms with Crippen molar-refractivity contribution in [3.05, 3.63) is 0 Å². The molecule has 32 heavy (non-hydrogen) atoms. The fourth-order valence-electron chi connectivity index (χ4n) is 5.15. The second kappa shape index (κ2) is 28.0. The van der Waals surface area contributed by atoms with Gasteiger partial charge >= 0.3 is 0 Å². The molecule has 0 fully saturated rings. The Bertz CT molecular complexity index is 309. The molecule has 0 heterocycles. The second-order valence-corrected chi connectivity index (χ2v) is 15.1. The molecule has 0 saturated carbocycles. The lowest BCUT2D eigenvalue weighted by molar-refractivity contribution is -0.00000710. The lowest BCUT2D eigenvalue weighted by Crippen LogP contribution is -3.00. The van der Waals surface area contributed by atoms with E-state index in [9.17, 15) is 0 Å². The lowest BCUT2D eigenvalue weighted by Gasteiger charge is -2.28. The zero-order valence-corrected chi connectivity index (χ0v) is 24.9. The Kier molecular flexibility index (Phi) is 30.5. The predicted octanol–water partition coefficient (Wildman–Crippen LogP) is 8.67. The van der Waals surface area contributed by atoms with E-state index < -0.39 is 7.26 Å². The van der Waals surface area contributed by atoms with Crippen molar-refractivity contribution in [2.75, 3.05) is 24.6 Å². The average molecular weight is 491 g/mol. The number of halogens is 1. The minimum absolute atomic E-state index is 0. The van der Waals surface area contributed by atoms with Crippen molar-refractivity contribution in [2.24, 2.45) is 0 Å². The summed E-state index contributed by atoms with van der Waals surface area (Å²) in [6, 6.07) is 0. The molecule has 0 amide bonds. The van der Waals surface area contributed by atoms with Crippen LogP contribution in [0, 0.1) is 0 Å². The van der Waals surface area contributed by atoms with E-state index in [-0.39, 0.29) is 12.4 Å². The molecule has 0 aromatic carbocycles. The maximum absolute atomic E-state index is 2.39. The summed E-state index contributed by atoms with van der Waals surface area (Å²) in [5.74, 6) is 0. The van der Waals surface area contributed by atoms with Crippen LogP contribution in [0.3, 0.4) is 0 Å². The van der Waals surface area contributed by atoms with Crippen LogP contribution in [0.1, 0.15) is 169 Å². The summed E-state index contributed by atoms with van der Waals surface area (Å²) in [4.78, 5) is 0. The summed E-state index contributed by atoms with van der Waals surface area (Å²) in [5.41, 5.74) is 0. The fraction of sp³-hybridized carbons (Fsp3) is 1.00. The van der Waals surface area contributed by atoms with Gasteiger partial charge in [-0.3, -0.25) is 0 Å². The van der Waals surface area contributed by atoms with Crippen LogP contribution >= 0.6 is 7.26 Å². The minimum atomic E-state index is -0.634. The van der Waals surface area contributed by atoms with Gasteiger partial charge in [0.1, 0.15) is 0 Å². The maximum Gasteiger partial charge on any atom is 0.0594 e. The maximum atomic E-state index is 2.39. The highest BCUT2D eigenvalue weighted by Crippen LogP contribution is 2.61. The van der Waals surface area contributed by atoms with Crippen molar-refractivity contribution in [3.63, 3.8) is 0 Å². The lowest BCUT2D eigenvalue weighted by atomic mass is 10.0. The van der Waals surface area contributed by atoms with Crippen LogP contribution in [0.25, 0.3) is 0 Å². The van der Waals surface area contributed by atoms with E-state index in [1.165, 1.54) is 135 Å². The van der Waals surface area contributed by atoms with Gasteiger partial charge in [-0.25, -0.2) is 0 Å². The zero-order valence-electron chi connectivity index (χ0n) is 23.2. The first-order valence-electron chi connectivity index (χ1n) is 15.1. The van der Waals surface area contributed by atoms with Crippen LogP contribution < -0.4 is 12.4 Å². The Morgan fingerprint density at radius 1 is 0.281 bits per heavy atom. The standard InChI is InChI=1S/C30H64P.ClH/c1-5-9-13-14-15-16-17-18-19-20-21-22-23-24-25-26-30-31(27-10-6-2,28-11-7-3)29-12-8-4;/h5-30H2,1-4H3;1H/q+1;/p-1. The molecule has 0 aliphatic rings. The van der Waals surface area contributed by atoms with Crippen LogP contribution in [-0.2, 0) is 0 Å².